The van der Waals surface area contributed by atoms with Crippen molar-refractivity contribution in [1.29, 1.82) is 0 Å². The van der Waals surface area contributed by atoms with E-state index in [1.165, 1.54) is 0 Å². The maximum atomic E-state index is 11.8. The van der Waals surface area contributed by atoms with Gasteiger partial charge >= 0.3 is 5.97 Å². The van der Waals surface area contributed by atoms with Crippen LogP contribution in [0.15, 0.2) is 28.9 Å². The molecular weight excluding hydrogens is 272 g/mol. The van der Waals surface area contributed by atoms with Crippen LogP contribution in [0.2, 0.25) is 0 Å². The number of hydrogen-bond acceptors (Lipinski definition) is 4. The maximum Gasteiger partial charge on any atom is 0.357 e. The smallest absolute Gasteiger partial charge is 0.357 e. The van der Waals surface area contributed by atoms with Gasteiger partial charge in [-0.25, -0.2) is 9.78 Å². The van der Waals surface area contributed by atoms with E-state index in [1.54, 1.807) is 11.0 Å². The highest BCUT2D eigenvalue weighted by molar-refractivity contribution is 5.95. The topological polar surface area (TPSA) is 83.6 Å². The molecule has 21 heavy (non-hydrogen) atoms. The number of carbonyl (C=O) groups is 2. The Hall–Kier alpha value is -2.63. The molecule has 1 amide bonds. The molecule has 1 aromatic heterocycles. The number of carboxylic acid groups (broad SMARTS) is 1. The van der Waals surface area contributed by atoms with Crippen molar-refractivity contribution < 1.29 is 19.1 Å². The molecule has 0 aliphatic carbocycles. The molecule has 0 fully saturated rings. The third-order valence-electron chi connectivity index (χ3n) is 3.55. The van der Waals surface area contributed by atoms with Gasteiger partial charge in [0.25, 0.3) is 0 Å². The number of fused-ring (bicyclic) bond motifs is 1. The van der Waals surface area contributed by atoms with Crippen molar-refractivity contribution in [3.05, 3.63) is 35.7 Å². The van der Waals surface area contributed by atoms with E-state index in [-0.39, 0.29) is 17.5 Å². The molecule has 2 aromatic rings. The number of hydrogen-bond donors (Lipinski definition) is 1. The molecule has 6 nitrogen and oxygen atoms in total. The van der Waals surface area contributed by atoms with E-state index >= 15 is 0 Å². The number of carboxylic acids is 1. The second-order valence-corrected chi connectivity index (χ2v) is 4.84. The van der Waals surface area contributed by atoms with Gasteiger partial charge in [0, 0.05) is 24.2 Å². The Labute approximate surface area is 121 Å². The minimum absolute atomic E-state index is 0.103. The van der Waals surface area contributed by atoms with Crippen molar-refractivity contribution >= 4 is 17.6 Å². The SMILES string of the molecule is CCC(=O)N1CCc2cc(-c3nc(C(=O)O)co3)ccc21. The first-order valence-corrected chi connectivity index (χ1v) is 6.72. The van der Waals surface area contributed by atoms with Crippen LogP contribution in [-0.4, -0.2) is 28.5 Å². The zero-order valence-electron chi connectivity index (χ0n) is 11.5. The number of benzene rings is 1. The lowest BCUT2D eigenvalue weighted by Gasteiger charge is -2.16. The standard InChI is InChI=1S/C15H14N2O4/c1-2-13(18)17-6-5-9-7-10(3-4-12(9)17)14-16-11(8-21-14)15(19)20/h3-4,7-8H,2,5-6H2,1H3,(H,19,20). The fourth-order valence-electron chi connectivity index (χ4n) is 2.49. The molecule has 3 rings (SSSR count). The molecule has 1 aliphatic rings. The first-order chi connectivity index (χ1) is 10.1. The van der Waals surface area contributed by atoms with Crippen molar-refractivity contribution in [2.45, 2.75) is 19.8 Å². The molecule has 2 heterocycles. The summed E-state index contributed by atoms with van der Waals surface area (Å²) >= 11 is 0. The minimum atomic E-state index is -1.12. The molecule has 0 atom stereocenters. The molecule has 0 saturated heterocycles. The van der Waals surface area contributed by atoms with Crippen LogP contribution in [-0.2, 0) is 11.2 Å². The Balaban J connectivity index is 1.93. The lowest BCUT2D eigenvalue weighted by Crippen LogP contribution is -2.27. The summed E-state index contributed by atoms with van der Waals surface area (Å²) in [6.45, 7) is 2.52. The first kappa shape index (κ1) is 13.4. The number of nitrogens with zero attached hydrogens (tertiary/aromatic N) is 2. The van der Waals surface area contributed by atoms with Gasteiger partial charge in [-0.05, 0) is 30.2 Å². The minimum Gasteiger partial charge on any atom is -0.476 e. The van der Waals surface area contributed by atoms with Gasteiger partial charge in [-0.2, -0.15) is 0 Å². The third kappa shape index (κ3) is 2.29. The molecule has 0 radical (unpaired) electrons. The highest BCUT2D eigenvalue weighted by atomic mass is 16.4. The predicted molar refractivity (Wildman–Crippen MR) is 75.2 cm³/mol. The van der Waals surface area contributed by atoms with Crippen molar-refractivity contribution in [3.8, 4) is 11.5 Å². The quantitative estimate of drug-likeness (QED) is 0.936. The van der Waals surface area contributed by atoms with E-state index in [4.69, 9.17) is 9.52 Å². The van der Waals surface area contributed by atoms with Gasteiger partial charge in [0.15, 0.2) is 5.69 Å². The number of carbonyl (C=O) groups excluding carboxylic acids is 1. The first-order valence-electron chi connectivity index (χ1n) is 6.72. The normalized spacial score (nSPS) is 13.3. The highest BCUT2D eigenvalue weighted by Gasteiger charge is 2.24. The zero-order valence-corrected chi connectivity index (χ0v) is 11.5. The second-order valence-electron chi connectivity index (χ2n) is 4.84. The Morgan fingerprint density at radius 1 is 1.43 bits per heavy atom. The summed E-state index contributed by atoms with van der Waals surface area (Å²) in [5.41, 5.74) is 2.56. The summed E-state index contributed by atoms with van der Waals surface area (Å²) < 4.78 is 5.19. The van der Waals surface area contributed by atoms with E-state index in [1.807, 2.05) is 19.1 Å². The van der Waals surface area contributed by atoms with Crippen LogP contribution in [0.3, 0.4) is 0 Å². The predicted octanol–water partition coefficient (Wildman–Crippen LogP) is 2.34. The second kappa shape index (κ2) is 5.05. The summed E-state index contributed by atoms with van der Waals surface area (Å²) in [6.07, 6.45) is 2.38. The molecule has 1 aromatic carbocycles. The van der Waals surface area contributed by atoms with E-state index in [0.29, 0.717) is 18.5 Å². The molecule has 0 bridgehead atoms. The lowest BCUT2D eigenvalue weighted by molar-refractivity contribution is -0.118. The number of oxazole rings is 1. The molecule has 0 saturated carbocycles. The molecule has 1 N–H and O–H groups in total. The van der Waals surface area contributed by atoms with Crippen molar-refractivity contribution in [2.75, 3.05) is 11.4 Å². The Morgan fingerprint density at radius 2 is 2.24 bits per heavy atom. The van der Waals surface area contributed by atoms with E-state index in [0.717, 1.165) is 23.9 Å². The van der Waals surface area contributed by atoms with Crippen molar-refractivity contribution in [2.24, 2.45) is 0 Å². The number of aromatic nitrogens is 1. The van der Waals surface area contributed by atoms with Crippen LogP contribution < -0.4 is 4.90 Å². The van der Waals surface area contributed by atoms with Gasteiger partial charge in [-0.15, -0.1) is 0 Å². The van der Waals surface area contributed by atoms with Crippen LogP contribution in [0.1, 0.15) is 29.4 Å². The van der Waals surface area contributed by atoms with Crippen LogP contribution in [0.5, 0.6) is 0 Å². The van der Waals surface area contributed by atoms with Gasteiger partial charge < -0.3 is 14.4 Å². The average Bonchev–Trinajstić information content (AvgIpc) is 3.12. The van der Waals surface area contributed by atoms with Crippen LogP contribution >= 0.6 is 0 Å². The Morgan fingerprint density at radius 3 is 2.90 bits per heavy atom. The fourth-order valence-corrected chi connectivity index (χ4v) is 2.49. The zero-order chi connectivity index (χ0) is 15.0. The van der Waals surface area contributed by atoms with E-state index < -0.39 is 5.97 Å². The summed E-state index contributed by atoms with van der Waals surface area (Å²) in [6, 6.07) is 5.54. The molecule has 0 spiro atoms. The largest absolute Gasteiger partial charge is 0.476 e. The highest BCUT2D eigenvalue weighted by Crippen LogP contribution is 2.32. The molecule has 0 unspecified atom stereocenters. The van der Waals surface area contributed by atoms with Gasteiger partial charge in [-0.1, -0.05) is 6.92 Å². The summed E-state index contributed by atoms with van der Waals surface area (Å²) in [5, 5.41) is 8.86. The molecule has 1 aliphatic heterocycles. The third-order valence-corrected chi connectivity index (χ3v) is 3.55. The summed E-state index contributed by atoms with van der Waals surface area (Å²) in [5.74, 6) is -0.743. The summed E-state index contributed by atoms with van der Waals surface area (Å²) in [4.78, 5) is 28.4. The molecule has 6 heteroatoms. The Bertz CT molecular complexity index is 720. The van der Waals surface area contributed by atoms with Gasteiger partial charge in [-0.3, -0.25) is 4.79 Å². The van der Waals surface area contributed by atoms with Crippen LogP contribution in [0, 0.1) is 0 Å². The van der Waals surface area contributed by atoms with Gasteiger partial charge in [0.2, 0.25) is 11.8 Å². The number of rotatable bonds is 3. The molecular formula is C15H14N2O4. The summed E-state index contributed by atoms with van der Waals surface area (Å²) in [7, 11) is 0. The van der Waals surface area contributed by atoms with Crippen LogP contribution in [0.4, 0.5) is 5.69 Å². The number of anilines is 1. The maximum absolute atomic E-state index is 11.8. The number of aromatic carboxylic acids is 1. The Kier molecular flexibility index (Phi) is 3.21. The van der Waals surface area contributed by atoms with E-state index in [9.17, 15) is 9.59 Å². The monoisotopic (exact) mass is 286 g/mol. The van der Waals surface area contributed by atoms with Gasteiger partial charge in [0.1, 0.15) is 6.26 Å². The van der Waals surface area contributed by atoms with Crippen LogP contribution in [0.25, 0.3) is 11.5 Å². The lowest BCUT2D eigenvalue weighted by atomic mass is 10.1. The number of amides is 1. The van der Waals surface area contributed by atoms with Gasteiger partial charge in [0.05, 0.1) is 0 Å². The van der Waals surface area contributed by atoms with E-state index in [2.05, 4.69) is 4.98 Å². The van der Waals surface area contributed by atoms with Crippen molar-refractivity contribution in [1.82, 2.24) is 4.98 Å². The average molecular weight is 286 g/mol. The molecule has 108 valence electrons. The van der Waals surface area contributed by atoms with Crippen molar-refractivity contribution in [3.63, 3.8) is 0 Å². The fraction of sp³-hybridized carbons (Fsp3) is 0.267.